The number of hydrogen-bond donors (Lipinski definition) is 1. The summed E-state index contributed by atoms with van der Waals surface area (Å²) < 4.78 is 2.10. The average Bonchev–Trinajstić information content (AvgIpc) is 2.66. The fourth-order valence-electron chi connectivity index (χ4n) is 2.23. The molecule has 1 aliphatic heterocycles. The van der Waals surface area contributed by atoms with Crippen LogP contribution in [0.4, 0.5) is 5.95 Å². The first-order chi connectivity index (χ1) is 7.86. The highest BCUT2D eigenvalue weighted by Gasteiger charge is 2.20. The molecule has 0 radical (unpaired) electrons. The van der Waals surface area contributed by atoms with E-state index in [4.69, 9.17) is 5.73 Å². The van der Waals surface area contributed by atoms with Gasteiger partial charge in [-0.25, -0.2) is 9.97 Å². The molecule has 1 fully saturated rings. The first kappa shape index (κ1) is 9.96. The summed E-state index contributed by atoms with van der Waals surface area (Å²) in [5, 5.41) is 0. The number of nitrogen functional groups attached to an aromatic ring is 1. The van der Waals surface area contributed by atoms with Crippen molar-refractivity contribution in [3.63, 3.8) is 0 Å². The molecule has 84 valence electrons. The van der Waals surface area contributed by atoms with E-state index in [-0.39, 0.29) is 0 Å². The van der Waals surface area contributed by atoms with Gasteiger partial charge < -0.3 is 5.73 Å². The second kappa shape index (κ2) is 3.97. The van der Waals surface area contributed by atoms with Crippen molar-refractivity contribution in [2.24, 2.45) is 0 Å². The summed E-state index contributed by atoms with van der Waals surface area (Å²) in [5.41, 5.74) is 7.81. The smallest absolute Gasteiger partial charge is 0.202 e. The zero-order valence-corrected chi connectivity index (χ0v) is 9.78. The molecule has 0 saturated carbocycles. The van der Waals surface area contributed by atoms with Crippen LogP contribution in [0, 0.1) is 0 Å². The molecule has 5 heteroatoms. The molecule has 0 aromatic carbocycles. The predicted molar refractivity (Wildman–Crippen MR) is 67.5 cm³/mol. The summed E-state index contributed by atoms with van der Waals surface area (Å²) in [6, 6.07) is 4.32. The lowest BCUT2D eigenvalue weighted by Crippen LogP contribution is -2.18. The maximum absolute atomic E-state index is 5.99. The van der Waals surface area contributed by atoms with Crippen LogP contribution in [0.2, 0.25) is 0 Å². The Hall–Kier alpha value is -1.23. The number of aromatic nitrogens is 3. The van der Waals surface area contributed by atoms with Gasteiger partial charge in [-0.3, -0.25) is 4.57 Å². The van der Waals surface area contributed by atoms with Crippen LogP contribution in [0.25, 0.3) is 11.2 Å². The third-order valence-electron chi connectivity index (χ3n) is 2.98. The first-order valence-corrected chi connectivity index (χ1v) is 6.68. The van der Waals surface area contributed by atoms with Gasteiger partial charge in [-0.05, 0) is 30.7 Å². The van der Waals surface area contributed by atoms with Gasteiger partial charge in [0.1, 0.15) is 5.52 Å². The van der Waals surface area contributed by atoms with E-state index in [2.05, 4.69) is 14.5 Å². The molecule has 1 unspecified atom stereocenters. The summed E-state index contributed by atoms with van der Waals surface area (Å²) in [4.78, 5) is 8.75. The zero-order chi connectivity index (χ0) is 11.0. The van der Waals surface area contributed by atoms with E-state index in [0.29, 0.717) is 12.0 Å². The van der Waals surface area contributed by atoms with Gasteiger partial charge >= 0.3 is 0 Å². The van der Waals surface area contributed by atoms with Gasteiger partial charge in [0, 0.05) is 18.0 Å². The van der Waals surface area contributed by atoms with Gasteiger partial charge in [0.25, 0.3) is 0 Å². The van der Waals surface area contributed by atoms with E-state index in [1.165, 1.54) is 18.6 Å². The number of thioether (sulfide) groups is 1. The van der Waals surface area contributed by atoms with Crippen molar-refractivity contribution in [2.75, 3.05) is 17.2 Å². The number of imidazole rings is 1. The SMILES string of the molecule is Nc1nc2cccnc2n1C1CCCSC1. The van der Waals surface area contributed by atoms with Crippen LogP contribution in [-0.4, -0.2) is 26.0 Å². The molecular weight excluding hydrogens is 220 g/mol. The molecule has 4 nitrogen and oxygen atoms in total. The van der Waals surface area contributed by atoms with Gasteiger partial charge in [0.15, 0.2) is 5.65 Å². The minimum Gasteiger partial charge on any atom is -0.369 e. The molecule has 0 bridgehead atoms. The van der Waals surface area contributed by atoms with Crippen LogP contribution in [0.1, 0.15) is 18.9 Å². The first-order valence-electron chi connectivity index (χ1n) is 5.52. The number of fused-ring (bicyclic) bond motifs is 1. The summed E-state index contributed by atoms with van der Waals surface area (Å²) in [5.74, 6) is 2.98. The summed E-state index contributed by atoms with van der Waals surface area (Å²) >= 11 is 1.99. The molecule has 0 aliphatic carbocycles. The third-order valence-corrected chi connectivity index (χ3v) is 4.18. The molecule has 3 heterocycles. The van der Waals surface area contributed by atoms with Crippen molar-refractivity contribution in [2.45, 2.75) is 18.9 Å². The normalized spacial score (nSPS) is 21.4. The monoisotopic (exact) mass is 234 g/mol. The maximum atomic E-state index is 5.99. The highest BCUT2D eigenvalue weighted by molar-refractivity contribution is 7.99. The molecule has 1 saturated heterocycles. The molecule has 2 N–H and O–H groups in total. The number of nitrogens with zero attached hydrogens (tertiary/aromatic N) is 3. The Morgan fingerprint density at radius 3 is 3.25 bits per heavy atom. The highest BCUT2D eigenvalue weighted by Crippen LogP contribution is 2.31. The van der Waals surface area contributed by atoms with E-state index in [1.54, 1.807) is 6.20 Å². The number of rotatable bonds is 1. The molecule has 3 rings (SSSR count). The Morgan fingerprint density at radius 2 is 2.44 bits per heavy atom. The Labute approximate surface area is 98.3 Å². The van der Waals surface area contributed by atoms with E-state index in [9.17, 15) is 0 Å². The van der Waals surface area contributed by atoms with Crippen LogP contribution in [-0.2, 0) is 0 Å². The third kappa shape index (κ3) is 1.55. The molecule has 16 heavy (non-hydrogen) atoms. The standard InChI is InChI=1S/C11H14N4S/c12-11-14-9-4-1-5-13-10(9)15(11)8-3-2-6-16-7-8/h1,4-5,8H,2-3,6-7H2,(H2,12,14). The Bertz CT molecular complexity index is 502. The largest absolute Gasteiger partial charge is 0.369 e. The van der Waals surface area contributed by atoms with Crippen molar-refractivity contribution in [1.29, 1.82) is 0 Å². The lowest BCUT2D eigenvalue weighted by atomic mass is 10.2. The number of pyridine rings is 1. The molecule has 2 aromatic heterocycles. The van der Waals surface area contributed by atoms with Crippen LogP contribution in [0.3, 0.4) is 0 Å². The summed E-state index contributed by atoms with van der Waals surface area (Å²) in [7, 11) is 0. The topological polar surface area (TPSA) is 56.7 Å². The number of hydrogen-bond acceptors (Lipinski definition) is 4. The molecule has 0 amide bonds. The minimum atomic E-state index is 0.457. The van der Waals surface area contributed by atoms with Gasteiger partial charge in [0.05, 0.1) is 0 Å². The average molecular weight is 234 g/mol. The molecule has 1 atom stereocenters. The van der Waals surface area contributed by atoms with Crippen molar-refractivity contribution >= 4 is 28.9 Å². The van der Waals surface area contributed by atoms with E-state index < -0.39 is 0 Å². The van der Waals surface area contributed by atoms with Crippen molar-refractivity contribution < 1.29 is 0 Å². The van der Waals surface area contributed by atoms with Crippen molar-refractivity contribution in [1.82, 2.24) is 14.5 Å². The number of anilines is 1. The van der Waals surface area contributed by atoms with Gasteiger partial charge in [0.2, 0.25) is 5.95 Å². The Balaban J connectivity index is 2.10. The quantitative estimate of drug-likeness (QED) is 0.820. The summed E-state index contributed by atoms with van der Waals surface area (Å²) in [6.07, 6.45) is 4.23. The fourth-order valence-corrected chi connectivity index (χ4v) is 3.36. The molecular formula is C11H14N4S. The fraction of sp³-hybridized carbons (Fsp3) is 0.455. The van der Waals surface area contributed by atoms with Gasteiger partial charge in [-0.15, -0.1) is 0 Å². The lowest BCUT2D eigenvalue weighted by Gasteiger charge is -2.23. The highest BCUT2D eigenvalue weighted by atomic mass is 32.2. The van der Waals surface area contributed by atoms with E-state index in [1.807, 2.05) is 23.9 Å². The number of nitrogens with two attached hydrogens (primary N) is 1. The lowest BCUT2D eigenvalue weighted by molar-refractivity contribution is 0.514. The maximum Gasteiger partial charge on any atom is 0.202 e. The Morgan fingerprint density at radius 1 is 1.50 bits per heavy atom. The van der Waals surface area contributed by atoms with Gasteiger partial charge in [-0.2, -0.15) is 11.8 Å². The van der Waals surface area contributed by atoms with Crippen molar-refractivity contribution in [3.05, 3.63) is 18.3 Å². The second-order valence-corrected chi connectivity index (χ2v) is 5.21. The zero-order valence-electron chi connectivity index (χ0n) is 8.97. The second-order valence-electron chi connectivity index (χ2n) is 4.06. The summed E-state index contributed by atoms with van der Waals surface area (Å²) in [6.45, 7) is 0. The van der Waals surface area contributed by atoms with Crippen LogP contribution in [0.5, 0.6) is 0 Å². The molecule has 2 aromatic rings. The molecule has 0 spiro atoms. The minimum absolute atomic E-state index is 0.457. The van der Waals surface area contributed by atoms with E-state index >= 15 is 0 Å². The van der Waals surface area contributed by atoms with Crippen LogP contribution >= 0.6 is 11.8 Å². The van der Waals surface area contributed by atoms with E-state index in [0.717, 1.165) is 16.9 Å². The molecule has 1 aliphatic rings. The Kier molecular flexibility index (Phi) is 2.47. The predicted octanol–water partition coefficient (Wildman–Crippen LogP) is 2.08. The van der Waals surface area contributed by atoms with Gasteiger partial charge in [-0.1, -0.05) is 0 Å². The van der Waals surface area contributed by atoms with Crippen LogP contribution < -0.4 is 5.73 Å². The van der Waals surface area contributed by atoms with Crippen molar-refractivity contribution in [3.8, 4) is 0 Å². The van der Waals surface area contributed by atoms with Crippen LogP contribution in [0.15, 0.2) is 18.3 Å².